The SMILES string of the molecule is NCCCCCCC(=O)N1CCC(NC(=O)Nc2ccc(F)cc2)C1. The number of carbonyl (C=O) groups excluding carboxylic acids is 2. The molecule has 25 heavy (non-hydrogen) atoms. The molecule has 3 amide bonds. The van der Waals surface area contributed by atoms with E-state index in [1.54, 1.807) is 0 Å². The van der Waals surface area contributed by atoms with E-state index in [-0.39, 0.29) is 23.8 Å². The predicted octanol–water partition coefficient (Wildman–Crippen LogP) is 2.46. The van der Waals surface area contributed by atoms with Crippen molar-refractivity contribution in [1.29, 1.82) is 0 Å². The van der Waals surface area contributed by atoms with E-state index in [1.807, 2.05) is 4.90 Å². The number of hydrogen-bond acceptors (Lipinski definition) is 3. The molecular weight excluding hydrogens is 323 g/mol. The summed E-state index contributed by atoms with van der Waals surface area (Å²) in [5, 5.41) is 5.52. The molecule has 7 heteroatoms. The molecule has 0 aliphatic carbocycles. The van der Waals surface area contributed by atoms with Gasteiger partial charge in [0.2, 0.25) is 5.91 Å². The van der Waals surface area contributed by atoms with Gasteiger partial charge in [0, 0.05) is 31.2 Å². The quantitative estimate of drug-likeness (QED) is 0.629. The van der Waals surface area contributed by atoms with E-state index in [0.717, 1.165) is 32.1 Å². The van der Waals surface area contributed by atoms with Gasteiger partial charge < -0.3 is 21.3 Å². The fourth-order valence-corrected chi connectivity index (χ4v) is 2.92. The zero-order chi connectivity index (χ0) is 18.1. The Bertz CT molecular complexity index is 565. The van der Waals surface area contributed by atoms with E-state index in [1.165, 1.54) is 24.3 Å². The first-order chi connectivity index (χ1) is 12.1. The van der Waals surface area contributed by atoms with Crippen LogP contribution in [0.25, 0.3) is 0 Å². The number of nitrogens with one attached hydrogen (secondary N) is 2. The summed E-state index contributed by atoms with van der Waals surface area (Å²) in [6.45, 7) is 1.91. The van der Waals surface area contributed by atoms with Crippen LogP contribution >= 0.6 is 0 Å². The lowest BCUT2D eigenvalue weighted by Crippen LogP contribution is -2.40. The van der Waals surface area contributed by atoms with Crippen LogP contribution in [0.2, 0.25) is 0 Å². The number of nitrogens with zero attached hydrogens (tertiary/aromatic N) is 1. The molecule has 0 bridgehead atoms. The Morgan fingerprint density at radius 2 is 1.88 bits per heavy atom. The average Bonchev–Trinajstić information content (AvgIpc) is 3.05. The average molecular weight is 350 g/mol. The first-order valence-corrected chi connectivity index (χ1v) is 8.89. The highest BCUT2D eigenvalue weighted by Crippen LogP contribution is 2.14. The zero-order valence-electron chi connectivity index (χ0n) is 14.5. The molecule has 1 aromatic carbocycles. The first-order valence-electron chi connectivity index (χ1n) is 8.89. The van der Waals surface area contributed by atoms with Gasteiger partial charge in [0.1, 0.15) is 5.82 Å². The van der Waals surface area contributed by atoms with Crippen molar-refractivity contribution in [2.45, 2.75) is 44.6 Å². The van der Waals surface area contributed by atoms with Gasteiger partial charge in [-0.15, -0.1) is 0 Å². The minimum atomic E-state index is -0.348. The van der Waals surface area contributed by atoms with Crippen LogP contribution in [0.15, 0.2) is 24.3 Å². The highest BCUT2D eigenvalue weighted by atomic mass is 19.1. The molecule has 4 N–H and O–H groups in total. The number of amides is 3. The van der Waals surface area contributed by atoms with Crippen LogP contribution in [0.1, 0.15) is 38.5 Å². The molecular formula is C18H27FN4O2. The summed E-state index contributed by atoms with van der Waals surface area (Å²) in [5.74, 6) is -0.199. The standard InChI is InChI=1S/C18H27FN4O2/c19-14-6-8-15(9-7-14)21-18(25)22-16-10-12-23(13-16)17(24)5-3-1-2-4-11-20/h6-9,16H,1-5,10-13,20H2,(H2,21,22,25). The Morgan fingerprint density at radius 1 is 1.16 bits per heavy atom. The molecule has 1 atom stereocenters. The van der Waals surface area contributed by atoms with Crippen molar-refractivity contribution >= 4 is 17.6 Å². The van der Waals surface area contributed by atoms with Crippen molar-refractivity contribution in [2.75, 3.05) is 25.0 Å². The van der Waals surface area contributed by atoms with Gasteiger partial charge >= 0.3 is 6.03 Å². The van der Waals surface area contributed by atoms with E-state index in [9.17, 15) is 14.0 Å². The topological polar surface area (TPSA) is 87.5 Å². The van der Waals surface area contributed by atoms with Crippen LogP contribution in [-0.4, -0.2) is 42.5 Å². The van der Waals surface area contributed by atoms with Crippen molar-refractivity contribution in [3.8, 4) is 0 Å². The third kappa shape index (κ3) is 6.70. The molecule has 1 aliphatic heterocycles. The molecule has 0 aromatic heterocycles. The normalized spacial score (nSPS) is 16.7. The van der Waals surface area contributed by atoms with Crippen molar-refractivity contribution in [3.63, 3.8) is 0 Å². The van der Waals surface area contributed by atoms with Crippen LogP contribution in [0.4, 0.5) is 14.9 Å². The summed E-state index contributed by atoms with van der Waals surface area (Å²) in [5.41, 5.74) is 5.98. The predicted molar refractivity (Wildman–Crippen MR) is 95.7 cm³/mol. The first kappa shape index (κ1) is 19.2. The van der Waals surface area contributed by atoms with E-state index in [2.05, 4.69) is 10.6 Å². The molecule has 0 spiro atoms. The number of anilines is 1. The molecule has 0 radical (unpaired) electrons. The number of carbonyl (C=O) groups is 2. The molecule has 6 nitrogen and oxygen atoms in total. The van der Waals surface area contributed by atoms with Gasteiger partial charge in [0.15, 0.2) is 0 Å². The molecule has 1 fully saturated rings. The monoisotopic (exact) mass is 350 g/mol. The molecule has 2 rings (SSSR count). The second-order valence-electron chi connectivity index (χ2n) is 6.38. The largest absolute Gasteiger partial charge is 0.341 e. The number of halogens is 1. The molecule has 1 saturated heterocycles. The van der Waals surface area contributed by atoms with Crippen LogP contribution in [0.3, 0.4) is 0 Å². The Labute approximate surface area is 147 Å². The molecule has 1 heterocycles. The highest BCUT2D eigenvalue weighted by molar-refractivity contribution is 5.89. The smallest absolute Gasteiger partial charge is 0.319 e. The lowest BCUT2D eigenvalue weighted by molar-refractivity contribution is -0.130. The molecule has 1 aromatic rings. The maximum atomic E-state index is 12.8. The van der Waals surface area contributed by atoms with Gasteiger partial charge in [-0.1, -0.05) is 12.8 Å². The molecule has 138 valence electrons. The Hall–Kier alpha value is -2.15. The van der Waals surface area contributed by atoms with E-state index < -0.39 is 0 Å². The van der Waals surface area contributed by atoms with Crippen LogP contribution < -0.4 is 16.4 Å². The lowest BCUT2D eigenvalue weighted by atomic mass is 10.1. The summed E-state index contributed by atoms with van der Waals surface area (Å²) in [4.78, 5) is 26.0. The fraction of sp³-hybridized carbons (Fsp3) is 0.556. The van der Waals surface area contributed by atoms with Crippen LogP contribution in [0, 0.1) is 5.82 Å². The minimum absolute atomic E-state index is 0.0540. The Morgan fingerprint density at radius 3 is 2.60 bits per heavy atom. The number of urea groups is 1. The summed E-state index contributed by atoms with van der Waals surface area (Å²) >= 11 is 0. The maximum absolute atomic E-state index is 12.8. The zero-order valence-corrected chi connectivity index (χ0v) is 14.5. The Kier molecular flexibility index (Phi) is 7.66. The van der Waals surface area contributed by atoms with Crippen LogP contribution in [0.5, 0.6) is 0 Å². The second kappa shape index (κ2) is 9.98. The van der Waals surface area contributed by atoms with Crippen LogP contribution in [-0.2, 0) is 4.79 Å². The van der Waals surface area contributed by atoms with E-state index in [4.69, 9.17) is 5.73 Å². The third-order valence-corrected chi connectivity index (χ3v) is 4.32. The third-order valence-electron chi connectivity index (χ3n) is 4.32. The molecule has 0 saturated carbocycles. The van der Waals surface area contributed by atoms with Gasteiger partial charge in [-0.2, -0.15) is 0 Å². The highest BCUT2D eigenvalue weighted by Gasteiger charge is 2.26. The van der Waals surface area contributed by atoms with Crippen molar-refractivity contribution in [1.82, 2.24) is 10.2 Å². The number of rotatable bonds is 8. The van der Waals surface area contributed by atoms with E-state index in [0.29, 0.717) is 31.7 Å². The van der Waals surface area contributed by atoms with Gasteiger partial charge in [-0.25, -0.2) is 9.18 Å². The number of hydrogen-bond donors (Lipinski definition) is 3. The van der Waals surface area contributed by atoms with Crippen molar-refractivity contribution in [3.05, 3.63) is 30.1 Å². The van der Waals surface area contributed by atoms with Gasteiger partial charge in [-0.3, -0.25) is 4.79 Å². The molecule has 1 unspecified atom stereocenters. The Balaban J connectivity index is 1.66. The lowest BCUT2D eigenvalue weighted by Gasteiger charge is -2.17. The minimum Gasteiger partial charge on any atom is -0.341 e. The second-order valence-corrected chi connectivity index (χ2v) is 6.38. The molecule has 1 aliphatic rings. The number of nitrogens with two attached hydrogens (primary N) is 1. The van der Waals surface area contributed by atoms with Crippen molar-refractivity contribution < 1.29 is 14.0 Å². The summed E-state index contributed by atoms with van der Waals surface area (Å²) < 4.78 is 12.8. The maximum Gasteiger partial charge on any atom is 0.319 e. The van der Waals surface area contributed by atoms with Gasteiger partial charge in [0.05, 0.1) is 0 Å². The number of likely N-dealkylation sites (tertiary alicyclic amines) is 1. The van der Waals surface area contributed by atoms with Gasteiger partial charge in [0.25, 0.3) is 0 Å². The summed E-state index contributed by atoms with van der Waals surface area (Å²) in [6, 6.07) is 5.20. The number of benzene rings is 1. The number of unbranched alkanes of at least 4 members (excludes halogenated alkanes) is 3. The van der Waals surface area contributed by atoms with Gasteiger partial charge in [-0.05, 0) is 50.1 Å². The summed E-state index contributed by atoms with van der Waals surface area (Å²) in [6.07, 6.45) is 5.29. The fourth-order valence-electron chi connectivity index (χ4n) is 2.92. The van der Waals surface area contributed by atoms with Crippen molar-refractivity contribution in [2.24, 2.45) is 5.73 Å². The summed E-state index contributed by atoms with van der Waals surface area (Å²) in [7, 11) is 0. The van der Waals surface area contributed by atoms with E-state index >= 15 is 0 Å².